The first kappa shape index (κ1) is 10.9. The third-order valence-corrected chi connectivity index (χ3v) is 2.25. The van der Waals surface area contributed by atoms with Gasteiger partial charge in [-0.15, -0.1) is 0 Å². The molecule has 0 aromatic heterocycles. The molecule has 3 atom stereocenters. The molecule has 1 aliphatic heterocycles. The standard InChI is InChI=1S/C9H18O4/c1-6(4-10)8-7(11)5-12-9(2,3)13-8/h6-8,10-11H,4-5H2,1-3H3/t6-,7-,8+/m1/s1. The van der Waals surface area contributed by atoms with Crippen LogP contribution < -0.4 is 0 Å². The van der Waals surface area contributed by atoms with Gasteiger partial charge in [-0.3, -0.25) is 0 Å². The van der Waals surface area contributed by atoms with E-state index >= 15 is 0 Å². The fourth-order valence-electron chi connectivity index (χ4n) is 1.42. The van der Waals surface area contributed by atoms with Crippen LogP contribution in [-0.2, 0) is 9.47 Å². The molecule has 0 aromatic carbocycles. The van der Waals surface area contributed by atoms with Crippen LogP contribution in [-0.4, -0.2) is 41.4 Å². The molecule has 1 aliphatic rings. The maximum atomic E-state index is 9.54. The molecule has 2 N–H and O–H groups in total. The molecule has 1 saturated heterocycles. The number of aliphatic hydroxyl groups is 2. The summed E-state index contributed by atoms with van der Waals surface area (Å²) in [5, 5.41) is 18.5. The molecule has 0 aliphatic carbocycles. The van der Waals surface area contributed by atoms with Crippen LogP contribution >= 0.6 is 0 Å². The van der Waals surface area contributed by atoms with Crippen LogP contribution in [0.3, 0.4) is 0 Å². The number of hydrogen-bond donors (Lipinski definition) is 2. The molecule has 4 heteroatoms. The Morgan fingerprint density at radius 2 is 2.15 bits per heavy atom. The Bertz CT molecular complexity index is 165. The van der Waals surface area contributed by atoms with Crippen LogP contribution in [0.4, 0.5) is 0 Å². The molecule has 0 spiro atoms. The largest absolute Gasteiger partial charge is 0.396 e. The number of ether oxygens (including phenoxy) is 2. The summed E-state index contributed by atoms with van der Waals surface area (Å²) in [4.78, 5) is 0. The zero-order chi connectivity index (χ0) is 10.1. The van der Waals surface area contributed by atoms with Crippen molar-refractivity contribution < 1.29 is 19.7 Å². The van der Waals surface area contributed by atoms with Crippen molar-refractivity contribution in [2.45, 2.75) is 38.8 Å². The molecule has 1 heterocycles. The molecular weight excluding hydrogens is 172 g/mol. The van der Waals surface area contributed by atoms with Crippen molar-refractivity contribution in [1.29, 1.82) is 0 Å². The Labute approximate surface area is 78.5 Å². The molecule has 78 valence electrons. The molecule has 4 nitrogen and oxygen atoms in total. The van der Waals surface area contributed by atoms with E-state index in [1.54, 1.807) is 13.8 Å². The van der Waals surface area contributed by atoms with Crippen LogP contribution in [0.5, 0.6) is 0 Å². The van der Waals surface area contributed by atoms with Gasteiger partial charge in [0.2, 0.25) is 0 Å². The highest BCUT2D eigenvalue weighted by molar-refractivity contribution is 4.80. The first-order valence-corrected chi connectivity index (χ1v) is 4.57. The first-order chi connectivity index (χ1) is 5.96. The van der Waals surface area contributed by atoms with Crippen molar-refractivity contribution in [1.82, 2.24) is 0 Å². The molecule has 0 radical (unpaired) electrons. The van der Waals surface area contributed by atoms with Gasteiger partial charge in [0.1, 0.15) is 6.10 Å². The SMILES string of the molecule is C[C@H](CO)[C@@H]1OC(C)(C)OC[C@H]1O. The molecule has 0 saturated carbocycles. The van der Waals surface area contributed by atoms with Crippen LogP contribution in [0.15, 0.2) is 0 Å². The van der Waals surface area contributed by atoms with Gasteiger partial charge in [0, 0.05) is 12.5 Å². The van der Waals surface area contributed by atoms with Crippen LogP contribution in [0.2, 0.25) is 0 Å². The maximum absolute atomic E-state index is 9.54. The Morgan fingerprint density at radius 1 is 1.54 bits per heavy atom. The van der Waals surface area contributed by atoms with Crippen LogP contribution in [0.25, 0.3) is 0 Å². The molecule has 1 fully saturated rings. The van der Waals surface area contributed by atoms with Crippen molar-refractivity contribution in [2.24, 2.45) is 5.92 Å². The van der Waals surface area contributed by atoms with Gasteiger partial charge in [-0.2, -0.15) is 0 Å². The second-order valence-electron chi connectivity index (χ2n) is 4.02. The zero-order valence-electron chi connectivity index (χ0n) is 8.36. The van der Waals surface area contributed by atoms with E-state index in [0.717, 1.165) is 0 Å². The molecule has 0 unspecified atom stereocenters. The lowest BCUT2D eigenvalue weighted by molar-refractivity contribution is -0.313. The monoisotopic (exact) mass is 190 g/mol. The lowest BCUT2D eigenvalue weighted by Gasteiger charge is -2.41. The average Bonchev–Trinajstić information content (AvgIpc) is 2.08. The molecule has 0 aromatic rings. The normalized spacial score (nSPS) is 35.8. The topological polar surface area (TPSA) is 58.9 Å². The molecular formula is C9H18O4. The zero-order valence-corrected chi connectivity index (χ0v) is 8.36. The third-order valence-electron chi connectivity index (χ3n) is 2.25. The van der Waals surface area contributed by atoms with Gasteiger partial charge in [0.25, 0.3) is 0 Å². The van der Waals surface area contributed by atoms with Crippen molar-refractivity contribution in [3.63, 3.8) is 0 Å². The van der Waals surface area contributed by atoms with E-state index in [1.807, 2.05) is 6.92 Å². The van der Waals surface area contributed by atoms with Gasteiger partial charge in [-0.1, -0.05) is 6.92 Å². The lowest BCUT2D eigenvalue weighted by atomic mass is 9.99. The van der Waals surface area contributed by atoms with Gasteiger partial charge in [-0.25, -0.2) is 0 Å². The maximum Gasteiger partial charge on any atom is 0.163 e. The van der Waals surface area contributed by atoms with E-state index in [0.29, 0.717) is 0 Å². The minimum atomic E-state index is -0.659. The Kier molecular flexibility index (Phi) is 3.29. The first-order valence-electron chi connectivity index (χ1n) is 4.57. The third kappa shape index (κ3) is 2.64. The predicted molar refractivity (Wildman–Crippen MR) is 47.2 cm³/mol. The fourth-order valence-corrected chi connectivity index (χ4v) is 1.42. The summed E-state index contributed by atoms with van der Waals surface area (Å²) < 4.78 is 10.8. The van der Waals surface area contributed by atoms with E-state index in [1.165, 1.54) is 0 Å². The number of rotatable bonds is 2. The van der Waals surface area contributed by atoms with E-state index in [4.69, 9.17) is 14.6 Å². The second-order valence-corrected chi connectivity index (χ2v) is 4.02. The van der Waals surface area contributed by atoms with Crippen molar-refractivity contribution in [2.75, 3.05) is 13.2 Å². The molecule has 0 bridgehead atoms. The summed E-state index contributed by atoms with van der Waals surface area (Å²) in [5.74, 6) is -0.731. The second kappa shape index (κ2) is 3.92. The van der Waals surface area contributed by atoms with Crippen molar-refractivity contribution >= 4 is 0 Å². The van der Waals surface area contributed by atoms with Crippen molar-refractivity contribution in [3.8, 4) is 0 Å². The summed E-state index contributed by atoms with van der Waals surface area (Å²) >= 11 is 0. The van der Waals surface area contributed by atoms with Gasteiger partial charge in [0.15, 0.2) is 5.79 Å². The molecule has 1 rings (SSSR count). The van der Waals surface area contributed by atoms with Gasteiger partial charge in [0.05, 0.1) is 12.7 Å². The highest BCUT2D eigenvalue weighted by atomic mass is 16.7. The summed E-state index contributed by atoms with van der Waals surface area (Å²) in [6.45, 7) is 5.72. The van der Waals surface area contributed by atoms with E-state index < -0.39 is 11.9 Å². The number of aliphatic hydroxyl groups excluding tert-OH is 2. The van der Waals surface area contributed by atoms with E-state index in [2.05, 4.69) is 0 Å². The quantitative estimate of drug-likeness (QED) is 0.649. The van der Waals surface area contributed by atoms with Gasteiger partial charge in [-0.05, 0) is 13.8 Å². The van der Waals surface area contributed by atoms with Crippen molar-refractivity contribution in [3.05, 3.63) is 0 Å². The summed E-state index contributed by atoms with van der Waals surface area (Å²) in [6, 6.07) is 0. The van der Waals surface area contributed by atoms with E-state index in [9.17, 15) is 5.11 Å². The Hall–Kier alpha value is -0.160. The summed E-state index contributed by atoms with van der Waals surface area (Å²) in [5.41, 5.74) is 0. The van der Waals surface area contributed by atoms with Gasteiger partial charge < -0.3 is 19.7 Å². The molecule has 0 amide bonds. The van der Waals surface area contributed by atoms with E-state index in [-0.39, 0.29) is 25.2 Å². The fraction of sp³-hybridized carbons (Fsp3) is 1.00. The van der Waals surface area contributed by atoms with Crippen LogP contribution in [0, 0.1) is 5.92 Å². The smallest absolute Gasteiger partial charge is 0.163 e. The predicted octanol–water partition coefficient (Wildman–Crippen LogP) is 0.127. The minimum absolute atomic E-state index is 0.0117. The summed E-state index contributed by atoms with van der Waals surface area (Å²) in [7, 11) is 0. The Morgan fingerprint density at radius 3 is 2.69 bits per heavy atom. The minimum Gasteiger partial charge on any atom is -0.396 e. The molecule has 13 heavy (non-hydrogen) atoms. The lowest BCUT2D eigenvalue weighted by Crippen LogP contribution is -2.51. The number of hydrogen-bond acceptors (Lipinski definition) is 4. The average molecular weight is 190 g/mol. The van der Waals surface area contributed by atoms with Gasteiger partial charge >= 0.3 is 0 Å². The highest BCUT2D eigenvalue weighted by Crippen LogP contribution is 2.26. The van der Waals surface area contributed by atoms with Crippen LogP contribution in [0.1, 0.15) is 20.8 Å². The Balaban J connectivity index is 2.60. The summed E-state index contributed by atoms with van der Waals surface area (Å²) in [6.07, 6.45) is -0.982. The highest BCUT2D eigenvalue weighted by Gasteiger charge is 2.38.